The van der Waals surface area contributed by atoms with Crippen LogP contribution in [-0.2, 0) is 19.2 Å². The summed E-state index contributed by atoms with van der Waals surface area (Å²) in [5.41, 5.74) is 10.7. The molecule has 0 aliphatic carbocycles. The predicted molar refractivity (Wildman–Crippen MR) is 71.4 cm³/mol. The van der Waals surface area contributed by atoms with Gasteiger partial charge in [-0.25, -0.2) is 0 Å². The lowest BCUT2D eigenvalue weighted by atomic mass is 10.1. The zero-order valence-electron chi connectivity index (χ0n) is 11.3. The van der Waals surface area contributed by atoms with Gasteiger partial charge in [-0.3, -0.25) is 14.4 Å². The van der Waals surface area contributed by atoms with E-state index in [0.29, 0.717) is 38.8 Å². The maximum atomic E-state index is 11.8. The summed E-state index contributed by atoms with van der Waals surface area (Å²) in [5.74, 6) is -0.947. The summed E-state index contributed by atoms with van der Waals surface area (Å²) < 4.78 is 0. The Morgan fingerprint density at radius 3 is 2.30 bits per heavy atom. The van der Waals surface area contributed by atoms with E-state index in [1.165, 1.54) is 0 Å². The van der Waals surface area contributed by atoms with Crippen molar-refractivity contribution >= 4 is 23.4 Å². The highest BCUT2D eigenvalue weighted by Gasteiger charge is 2.19. The minimum atomic E-state index is -0.573. The Labute approximate surface area is 117 Å². The molecule has 0 aromatic rings. The van der Waals surface area contributed by atoms with Crippen LogP contribution in [0.5, 0.6) is 0 Å². The van der Waals surface area contributed by atoms with Gasteiger partial charge < -0.3 is 21.2 Å². The van der Waals surface area contributed by atoms with Crippen molar-refractivity contribution in [3.63, 3.8) is 0 Å². The summed E-state index contributed by atoms with van der Waals surface area (Å²) in [7, 11) is 0. The molecule has 0 spiro atoms. The van der Waals surface area contributed by atoms with Crippen LogP contribution in [0, 0.1) is 0 Å². The number of amides is 3. The van der Waals surface area contributed by atoms with Gasteiger partial charge in [0, 0.05) is 38.8 Å². The van der Waals surface area contributed by atoms with E-state index in [0.717, 1.165) is 5.71 Å². The molecular formula is C12H20N4O4. The smallest absolute Gasteiger partial charge is 0.258 e. The van der Waals surface area contributed by atoms with Crippen LogP contribution in [0.4, 0.5) is 0 Å². The highest BCUT2D eigenvalue weighted by atomic mass is 16.6. The van der Waals surface area contributed by atoms with Gasteiger partial charge >= 0.3 is 0 Å². The monoisotopic (exact) mass is 284 g/mol. The summed E-state index contributed by atoms with van der Waals surface area (Å²) in [6.45, 7) is 0.890. The third kappa shape index (κ3) is 6.17. The Hall–Kier alpha value is -2.12. The summed E-state index contributed by atoms with van der Waals surface area (Å²) in [6.07, 6.45) is 2.26. The molecule has 0 bridgehead atoms. The largest absolute Gasteiger partial charge is 0.386 e. The second-order valence-corrected chi connectivity index (χ2v) is 4.60. The van der Waals surface area contributed by atoms with Crippen LogP contribution < -0.4 is 11.5 Å². The minimum absolute atomic E-state index is 0.0170. The fourth-order valence-electron chi connectivity index (χ4n) is 1.86. The molecule has 3 amide bonds. The second kappa shape index (κ2) is 8.13. The van der Waals surface area contributed by atoms with E-state index < -0.39 is 11.8 Å². The number of piperidine rings is 1. The van der Waals surface area contributed by atoms with Gasteiger partial charge in [-0.15, -0.1) is 0 Å². The van der Waals surface area contributed by atoms with Gasteiger partial charge in [-0.2, -0.15) is 0 Å². The third-order valence-electron chi connectivity index (χ3n) is 2.91. The summed E-state index contributed by atoms with van der Waals surface area (Å²) in [5, 5.41) is 3.82. The lowest BCUT2D eigenvalue weighted by Gasteiger charge is -2.27. The Bertz CT molecular complexity index is 398. The Morgan fingerprint density at radius 1 is 1.10 bits per heavy atom. The predicted octanol–water partition coefficient (Wildman–Crippen LogP) is -0.878. The van der Waals surface area contributed by atoms with Gasteiger partial charge in [0.25, 0.3) is 5.91 Å². The molecule has 0 atom stereocenters. The number of oxime groups is 1. The molecule has 112 valence electrons. The number of nitrogens with zero attached hydrogens (tertiary/aromatic N) is 2. The maximum absolute atomic E-state index is 11.8. The molecule has 8 nitrogen and oxygen atoms in total. The van der Waals surface area contributed by atoms with Crippen LogP contribution in [0.2, 0.25) is 0 Å². The molecule has 0 aromatic heterocycles. The van der Waals surface area contributed by atoms with Gasteiger partial charge in [-0.05, 0) is 6.42 Å². The number of hydrogen-bond donors (Lipinski definition) is 2. The first kappa shape index (κ1) is 15.9. The summed E-state index contributed by atoms with van der Waals surface area (Å²) in [6, 6.07) is 0. The molecule has 20 heavy (non-hydrogen) atoms. The van der Waals surface area contributed by atoms with Crippen molar-refractivity contribution < 1.29 is 19.2 Å². The average Bonchev–Trinajstić information content (AvgIpc) is 2.38. The number of likely N-dealkylation sites (tertiary alicyclic amines) is 1. The maximum Gasteiger partial charge on any atom is 0.258 e. The van der Waals surface area contributed by atoms with Gasteiger partial charge in [0.15, 0.2) is 6.61 Å². The van der Waals surface area contributed by atoms with Crippen LogP contribution >= 0.6 is 0 Å². The van der Waals surface area contributed by atoms with Crippen LogP contribution in [-0.4, -0.2) is 48.0 Å². The highest BCUT2D eigenvalue weighted by Crippen LogP contribution is 2.10. The molecular weight excluding hydrogens is 264 g/mol. The minimum Gasteiger partial charge on any atom is -0.386 e. The standard InChI is InChI=1S/C12H20N4O4/c13-10(17)2-1-3-12(19)16-6-4-9(5-7-16)15-20-8-11(14)18/h1-8H2,(H2,13,17)(H2,14,18). The third-order valence-corrected chi connectivity index (χ3v) is 2.91. The molecule has 1 rings (SSSR count). The molecule has 1 fully saturated rings. The van der Waals surface area contributed by atoms with E-state index in [1.54, 1.807) is 4.90 Å². The van der Waals surface area contributed by atoms with Crippen molar-refractivity contribution in [2.45, 2.75) is 32.1 Å². The normalized spacial score (nSPS) is 14.8. The Balaban J connectivity index is 2.25. The van der Waals surface area contributed by atoms with E-state index in [1.807, 2.05) is 0 Å². The molecule has 1 aliphatic heterocycles. The van der Waals surface area contributed by atoms with E-state index in [4.69, 9.17) is 16.3 Å². The van der Waals surface area contributed by atoms with Crippen LogP contribution in [0.25, 0.3) is 0 Å². The van der Waals surface area contributed by atoms with E-state index in [2.05, 4.69) is 5.16 Å². The van der Waals surface area contributed by atoms with Gasteiger partial charge in [0.1, 0.15) is 0 Å². The molecule has 1 heterocycles. The molecule has 0 saturated carbocycles. The zero-order chi connectivity index (χ0) is 15.0. The molecule has 1 saturated heterocycles. The first-order chi connectivity index (χ1) is 9.49. The number of rotatable bonds is 7. The summed E-state index contributed by atoms with van der Waals surface area (Å²) >= 11 is 0. The highest BCUT2D eigenvalue weighted by molar-refractivity contribution is 5.87. The second-order valence-electron chi connectivity index (χ2n) is 4.60. The van der Waals surface area contributed by atoms with Crippen molar-refractivity contribution in [1.82, 2.24) is 4.90 Å². The number of hydrogen-bond acceptors (Lipinski definition) is 5. The molecule has 4 N–H and O–H groups in total. The fourth-order valence-corrected chi connectivity index (χ4v) is 1.86. The molecule has 1 aliphatic rings. The number of carbonyl (C=O) groups excluding carboxylic acids is 3. The average molecular weight is 284 g/mol. The number of primary amides is 2. The van der Waals surface area contributed by atoms with Gasteiger partial charge in [0.2, 0.25) is 11.8 Å². The Morgan fingerprint density at radius 2 is 1.75 bits per heavy atom. The fraction of sp³-hybridized carbons (Fsp3) is 0.667. The van der Waals surface area contributed by atoms with Crippen molar-refractivity contribution in [2.24, 2.45) is 16.6 Å². The van der Waals surface area contributed by atoms with Crippen molar-refractivity contribution in [2.75, 3.05) is 19.7 Å². The Kier molecular flexibility index (Phi) is 6.48. The van der Waals surface area contributed by atoms with Crippen LogP contribution in [0.1, 0.15) is 32.1 Å². The van der Waals surface area contributed by atoms with Crippen LogP contribution in [0.15, 0.2) is 5.16 Å². The quantitative estimate of drug-likeness (QED) is 0.588. The molecule has 0 unspecified atom stereocenters. The van der Waals surface area contributed by atoms with Gasteiger partial charge in [-0.1, -0.05) is 5.16 Å². The lowest BCUT2D eigenvalue weighted by Crippen LogP contribution is -2.38. The van der Waals surface area contributed by atoms with E-state index in [9.17, 15) is 14.4 Å². The summed E-state index contributed by atoms with van der Waals surface area (Å²) in [4.78, 5) is 39.4. The SMILES string of the molecule is NC(=O)CCCC(=O)N1CCC(=NOCC(N)=O)CC1. The molecule has 0 radical (unpaired) electrons. The lowest BCUT2D eigenvalue weighted by molar-refractivity contribution is -0.131. The molecule has 0 aromatic carbocycles. The number of carbonyl (C=O) groups is 3. The van der Waals surface area contributed by atoms with Crippen LogP contribution in [0.3, 0.4) is 0 Å². The topological polar surface area (TPSA) is 128 Å². The first-order valence-corrected chi connectivity index (χ1v) is 6.51. The van der Waals surface area contributed by atoms with E-state index in [-0.39, 0.29) is 18.9 Å². The van der Waals surface area contributed by atoms with Crippen molar-refractivity contribution in [3.8, 4) is 0 Å². The molecule has 8 heteroatoms. The van der Waals surface area contributed by atoms with Crippen molar-refractivity contribution in [3.05, 3.63) is 0 Å². The first-order valence-electron chi connectivity index (χ1n) is 6.51. The van der Waals surface area contributed by atoms with Gasteiger partial charge in [0.05, 0.1) is 5.71 Å². The zero-order valence-corrected chi connectivity index (χ0v) is 11.3. The van der Waals surface area contributed by atoms with Crippen molar-refractivity contribution in [1.29, 1.82) is 0 Å². The number of nitrogens with two attached hydrogens (primary N) is 2. The van der Waals surface area contributed by atoms with E-state index >= 15 is 0 Å².